The molecule has 1 aromatic heterocycles. The van der Waals surface area contributed by atoms with Crippen LogP contribution < -0.4 is 10.6 Å². The highest BCUT2D eigenvalue weighted by Crippen LogP contribution is 2.32. The SMILES string of the molecule is CCSc1cccc(N(CC)Cc2cccs2)c1C(N)=S. The fraction of sp³-hybridized carbons (Fsp3) is 0.312. The zero-order chi connectivity index (χ0) is 15.2. The summed E-state index contributed by atoms with van der Waals surface area (Å²) in [6.07, 6.45) is 0. The van der Waals surface area contributed by atoms with E-state index in [0.717, 1.165) is 30.1 Å². The average Bonchev–Trinajstić information content (AvgIpc) is 2.97. The first-order chi connectivity index (χ1) is 10.2. The third kappa shape index (κ3) is 3.99. The second-order valence-electron chi connectivity index (χ2n) is 4.54. The Hall–Kier alpha value is -1.04. The molecular formula is C16H20N2S3. The number of benzene rings is 1. The number of nitrogens with zero attached hydrogens (tertiary/aromatic N) is 1. The van der Waals surface area contributed by atoms with Crippen molar-refractivity contribution in [3.8, 4) is 0 Å². The summed E-state index contributed by atoms with van der Waals surface area (Å²) >= 11 is 8.87. The van der Waals surface area contributed by atoms with Crippen LogP contribution in [0.4, 0.5) is 5.69 Å². The molecule has 21 heavy (non-hydrogen) atoms. The Morgan fingerprint density at radius 1 is 1.29 bits per heavy atom. The van der Waals surface area contributed by atoms with Gasteiger partial charge in [0.15, 0.2) is 0 Å². The van der Waals surface area contributed by atoms with Crippen LogP contribution >= 0.6 is 35.3 Å². The van der Waals surface area contributed by atoms with Crippen molar-refractivity contribution in [2.45, 2.75) is 25.3 Å². The van der Waals surface area contributed by atoms with Gasteiger partial charge in [0.1, 0.15) is 4.99 Å². The maximum absolute atomic E-state index is 6.01. The van der Waals surface area contributed by atoms with Gasteiger partial charge in [-0.2, -0.15) is 0 Å². The number of thiocarbonyl (C=S) groups is 1. The van der Waals surface area contributed by atoms with Gasteiger partial charge in [-0.3, -0.25) is 0 Å². The third-order valence-corrected chi connectivity index (χ3v) is 5.20. The van der Waals surface area contributed by atoms with Gasteiger partial charge in [0.05, 0.1) is 6.54 Å². The molecule has 1 heterocycles. The van der Waals surface area contributed by atoms with Crippen molar-refractivity contribution < 1.29 is 0 Å². The molecule has 0 amide bonds. The summed E-state index contributed by atoms with van der Waals surface area (Å²) in [6, 6.07) is 10.6. The van der Waals surface area contributed by atoms with Crippen molar-refractivity contribution >= 4 is 46.0 Å². The molecule has 5 heteroatoms. The molecule has 0 saturated carbocycles. The van der Waals surface area contributed by atoms with E-state index in [2.05, 4.69) is 54.5 Å². The molecule has 0 fully saturated rings. The van der Waals surface area contributed by atoms with E-state index in [9.17, 15) is 0 Å². The molecule has 1 aromatic carbocycles. The molecule has 0 bridgehead atoms. The lowest BCUT2D eigenvalue weighted by molar-refractivity contribution is 0.839. The minimum Gasteiger partial charge on any atom is -0.389 e. The highest BCUT2D eigenvalue weighted by atomic mass is 32.2. The lowest BCUT2D eigenvalue weighted by Crippen LogP contribution is -2.25. The van der Waals surface area contributed by atoms with Crippen LogP contribution in [0.3, 0.4) is 0 Å². The van der Waals surface area contributed by atoms with Crippen molar-refractivity contribution in [3.05, 3.63) is 46.2 Å². The Balaban J connectivity index is 2.40. The maximum Gasteiger partial charge on any atom is 0.107 e. The minimum atomic E-state index is 0.478. The molecule has 0 radical (unpaired) electrons. The number of thioether (sulfide) groups is 1. The van der Waals surface area contributed by atoms with Crippen LogP contribution in [0.5, 0.6) is 0 Å². The number of rotatable bonds is 7. The van der Waals surface area contributed by atoms with Crippen LogP contribution in [0, 0.1) is 0 Å². The average molecular weight is 337 g/mol. The summed E-state index contributed by atoms with van der Waals surface area (Å²) in [5.41, 5.74) is 8.15. The van der Waals surface area contributed by atoms with E-state index in [0.29, 0.717) is 4.99 Å². The molecule has 0 aliphatic rings. The second kappa shape index (κ2) is 7.82. The molecule has 112 valence electrons. The zero-order valence-electron chi connectivity index (χ0n) is 12.3. The second-order valence-corrected chi connectivity index (χ2v) is 7.32. The summed E-state index contributed by atoms with van der Waals surface area (Å²) < 4.78 is 0. The van der Waals surface area contributed by atoms with Crippen LogP contribution in [0.1, 0.15) is 24.3 Å². The Kier molecular flexibility index (Phi) is 6.08. The summed E-state index contributed by atoms with van der Waals surface area (Å²) in [5, 5.41) is 2.11. The van der Waals surface area contributed by atoms with Gasteiger partial charge in [-0.1, -0.05) is 31.3 Å². The summed E-state index contributed by atoms with van der Waals surface area (Å²) in [7, 11) is 0. The van der Waals surface area contributed by atoms with E-state index in [1.54, 1.807) is 23.1 Å². The highest BCUT2D eigenvalue weighted by molar-refractivity contribution is 7.99. The maximum atomic E-state index is 6.01. The van der Waals surface area contributed by atoms with E-state index < -0.39 is 0 Å². The van der Waals surface area contributed by atoms with Gasteiger partial charge in [-0.15, -0.1) is 23.1 Å². The largest absolute Gasteiger partial charge is 0.389 e. The zero-order valence-corrected chi connectivity index (χ0v) is 14.8. The van der Waals surface area contributed by atoms with Crippen LogP contribution in [0.25, 0.3) is 0 Å². The number of hydrogen-bond acceptors (Lipinski definition) is 4. The quantitative estimate of drug-likeness (QED) is 0.594. The Labute approximate surface area is 140 Å². The van der Waals surface area contributed by atoms with Gasteiger partial charge >= 0.3 is 0 Å². The van der Waals surface area contributed by atoms with Gasteiger partial charge in [-0.25, -0.2) is 0 Å². The van der Waals surface area contributed by atoms with Gasteiger partial charge < -0.3 is 10.6 Å². The first kappa shape index (κ1) is 16.3. The normalized spacial score (nSPS) is 10.6. The van der Waals surface area contributed by atoms with Crippen molar-refractivity contribution in [1.82, 2.24) is 0 Å². The number of thiophene rings is 1. The minimum absolute atomic E-state index is 0.478. The van der Waals surface area contributed by atoms with E-state index in [-0.39, 0.29) is 0 Å². The monoisotopic (exact) mass is 336 g/mol. The summed E-state index contributed by atoms with van der Waals surface area (Å²) in [4.78, 5) is 5.33. The van der Waals surface area contributed by atoms with Gasteiger partial charge in [-0.05, 0) is 36.3 Å². The highest BCUT2D eigenvalue weighted by Gasteiger charge is 2.16. The first-order valence-corrected chi connectivity index (χ1v) is 9.27. The summed E-state index contributed by atoms with van der Waals surface area (Å²) in [6.45, 7) is 6.12. The Morgan fingerprint density at radius 3 is 2.67 bits per heavy atom. The molecule has 2 N–H and O–H groups in total. The molecule has 0 aliphatic heterocycles. The van der Waals surface area contributed by atoms with Gasteiger partial charge in [0.2, 0.25) is 0 Å². The molecule has 2 rings (SSSR count). The van der Waals surface area contributed by atoms with Crippen molar-refractivity contribution in [2.24, 2.45) is 5.73 Å². The Bertz CT molecular complexity index is 594. The van der Waals surface area contributed by atoms with Gasteiger partial charge in [0.25, 0.3) is 0 Å². The van der Waals surface area contributed by atoms with E-state index >= 15 is 0 Å². The fourth-order valence-corrected chi connectivity index (χ4v) is 4.11. The van der Waals surface area contributed by atoms with Crippen LogP contribution in [-0.4, -0.2) is 17.3 Å². The number of hydrogen-bond donors (Lipinski definition) is 1. The van der Waals surface area contributed by atoms with Crippen molar-refractivity contribution in [2.75, 3.05) is 17.2 Å². The standard InChI is InChI=1S/C16H20N2S3/c1-3-18(11-12-7-6-10-21-12)13-8-5-9-14(20-4-2)15(13)16(17)19/h5-10H,3-4,11H2,1-2H3,(H2,17,19). The molecule has 0 spiro atoms. The predicted molar refractivity (Wildman–Crippen MR) is 99.8 cm³/mol. The van der Waals surface area contributed by atoms with E-state index in [1.165, 1.54) is 9.77 Å². The fourth-order valence-electron chi connectivity index (χ4n) is 2.26. The lowest BCUT2D eigenvalue weighted by atomic mass is 10.1. The van der Waals surface area contributed by atoms with E-state index in [1.807, 2.05) is 0 Å². The van der Waals surface area contributed by atoms with Gasteiger partial charge in [0, 0.05) is 27.6 Å². The first-order valence-electron chi connectivity index (χ1n) is 7.00. The Morgan fingerprint density at radius 2 is 2.10 bits per heavy atom. The number of nitrogens with two attached hydrogens (primary N) is 1. The molecule has 0 aliphatic carbocycles. The van der Waals surface area contributed by atoms with Crippen LogP contribution in [-0.2, 0) is 6.54 Å². The topological polar surface area (TPSA) is 29.3 Å². The van der Waals surface area contributed by atoms with Crippen molar-refractivity contribution in [3.63, 3.8) is 0 Å². The molecular weight excluding hydrogens is 316 g/mol. The molecule has 0 unspecified atom stereocenters. The molecule has 0 atom stereocenters. The molecule has 0 saturated heterocycles. The third-order valence-electron chi connectivity index (χ3n) is 3.20. The van der Waals surface area contributed by atoms with Crippen LogP contribution in [0.15, 0.2) is 40.6 Å². The predicted octanol–water partition coefficient (Wildman–Crippen LogP) is 4.52. The van der Waals surface area contributed by atoms with Crippen LogP contribution in [0.2, 0.25) is 0 Å². The lowest BCUT2D eigenvalue weighted by Gasteiger charge is -2.26. The van der Waals surface area contributed by atoms with E-state index in [4.69, 9.17) is 18.0 Å². The summed E-state index contributed by atoms with van der Waals surface area (Å²) in [5.74, 6) is 1.01. The molecule has 2 aromatic rings. The smallest absolute Gasteiger partial charge is 0.107 e. The van der Waals surface area contributed by atoms with Crippen molar-refractivity contribution in [1.29, 1.82) is 0 Å². The number of anilines is 1. The molecule has 2 nitrogen and oxygen atoms in total.